The van der Waals surface area contributed by atoms with Crippen LogP contribution in [0.2, 0.25) is 0 Å². The molecule has 0 aliphatic heterocycles. The van der Waals surface area contributed by atoms with Gasteiger partial charge in [0.1, 0.15) is 17.5 Å². The Kier molecular flexibility index (Phi) is 11.4. The predicted octanol–water partition coefficient (Wildman–Crippen LogP) is 5.68. The van der Waals surface area contributed by atoms with Crippen LogP contribution in [0.3, 0.4) is 0 Å². The van der Waals surface area contributed by atoms with E-state index in [1.807, 2.05) is 49.4 Å². The van der Waals surface area contributed by atoms with Crippen LogP contribution >= 0.6 is 15.9 Å². The molecule has 0 aromatic heterocycles. The van der Waals surface area contributed by atoms with Gasteiger partial charge in [-0.2, -0.15) is 0 Å². The van der Waals surface area contributed by atoms with E-state index in [0.717, 1.165) is 28.6 Å². The molecule has 0 spiro atoms. The van der Waals surface area contributed by atoms with Crippen LogP contribution in [0.25, 0.3) is 0 Å². The summed E-state index contributed by atoms with van der Waals surface area (Å²) >= 11 is 3.55. The molecular formula is C27H37BrN2O4. The minimum absolute atomic E-state index is 0.139. The highest BCUT2D eigenvalue weighted by Gasteiger charge is 2.29. The Bertz CT molecular complexity index is 931. The van der Waals surface area contributed by atoms with E-state index in [1.165, 1.54) is 5.56 Å². The zero-order chi connectivity index (χ0) is 25.1. The molecule has 0 unspecified atom stereocenters. The first-order valence-electron chi connectivity index (χ1n) is 11.9. The molecule has 0 bridgehead atoms. The molecule has 0 saturated carbocycles. The smallest absolute Gasteiger partial charge is 0.261 e. The number of methoxy groups -OCH3 is 1. The molecule has 2 aromatic carbocycles. The molecule has 1 N–H and O–H groups in total. The third-order valence-electron chi connectivity index (χ3n) is 5.70. The number of amides is 2. The fourth-order valence-corrected chi connectivity index (χ4v) is 4.08. The fraction of sp³-hybridized carbons (Fsp3) is 0.481. The molecule has 0 heterocycles. The predicted molar refractivity (Wildman–Crippen MR) is 139 cm³/mol. The number of hydrogen-bond acceptors (Lipinski definition) is 4. The maximum atomic E-state index is 13.3. The molecule has 0 aliphatic rings. The summed E-state index contributed by atoms with van der Waals surface area (Å²) in [6, 6.07) is 12.8. The van der Waals surface area contributed by atoms with E-state index in [-0.39, 0.29) is 18.4 Å². The van der Waals surface area contributed by atoms with Gasteiger partial charge in [0.15, 0.2) is 6.61 Å². The van der Waals surface area contributed by atoms with Gasteiger partial charge in [-0.05, 0) is 70.1 Å². The van der Waals surface area contributed by atoms with Gasteiger partial charge in [0.2, 0.25) is 5.91 Å². The van der Waals surface area contributed by atoms with Gasteiger partial charge in [0.05, 0.1) is 11.6 Å². The van der Waals surface area contributed by atoms with Gasteiger partial charge in [-0.3, -0.25) is 9.59 Å². The van der Waals surface area contributed by atoms with Crippen molar-refractivity contribution in [1.29, 1.82) is 0 Å². The number of carbonyl (C=O) groups excluding carboxylic acids is 2. The molecule has 186 valence electrons. The lowest BCUT2D eigenvalue weighted by Crippen LogP contribution is -2.50. The number of ether oxygens (including phenoxy) is 2. The Morgan fingerprint density at radius 2 is 1.79 bits per heavy atom. The van der Waals surface area contributed by atoms with E-state index in [1.54, 1.807) is 12.0 Å². The molecule has 2 rings (SSSR count). The maximum Gasteiger partial charge on any atom is 0.261 e. The van der Waals surface area contributed by atoms with Gasteiger partial charge in [-0.1, -0.05) is 52.3 Å². The summed E-state index contributed by atoms with van der Waals surface area (Å²) in [7, 11) is 1.61. The van der Waals surface area contributed by atoms with Gasteiger partial charge < -0.3 is 19.7 Å². The summed E-state index contributed by atoms with van der Waals surface area (Å²) in [6.45, 7) is 8.99. The van der Waals surface area contributed by atoms with Gasteiger partial charge >= 0.3 is 0 Å². The second-order valence-corrected chi connectivity index (χ2v) is 9.43. The molecule has 7 heteroatoms. The zero-order valence-electron chi connectivity index (χ0n) is 20.9. The van der Waals surface area contributed by atoms with Crippen molar-refractivity contribution >= 4 is 27.7 Å². The number of rotatable bonds is 13. The van der Waals surface area contributed by atoms with Crippen molar-refractivity contribution in [2.45, 2.75) is 65.5 Å². The zero-order valence-corrected chi connectivity index (χ0v) is 22.5. The van der Waals surface area contributed by atoms with Crippen molar-refractivity contribution in [1.82, 2.24) is 10.2 Å². The van der Waals surface area contributed by atoms with E-state index < -0.39 is 6.04 Å². The monoisotopic (exact) mass is 532 g/mol. The molecule has 1 atom stereocenters. The van der Waals surface area contributed by atoms with Crippen molar-refractivity contribution in [3.05, 3.63) is 58.1 Å². The SMILES string of the molecule is CCCCNC(=O)[C@@H](CC)N(Cc1ccc(OC)cc1)C(=O)COc1ccc(C(C)C)cc1Br. The van der Waals surface area contributed by atoms with Crippen LogP contribution in [-0.2, 0) is 16.1 Å². The van der Waals surface area contributed by atoms with Gasteiger partial charge in [-0.25, -0.2) is 0 Å². The highest BCUT2D eigenvalue weighted by molar-refractivity contribution is 9.10. The molecular weight excluding hydrogens is 496 g/mol. The largest absolute Gasteiger partial charge is 0.497 e. The third-order valence-corrected chi connectivity index (χ3v) is 6.32. The molecule has 0 fully saturated rings. The Balaban J connectivity index is 2.20. The number of halogens is 1. The molecule has 6 nitrogen and oxygen atoms in total. The van der Waals surface area contributed by atoms with Crippen molar-refractivity contribution in [3.8, 4) is 11.5 Å². The molecule has 0 saturated heterocycles. The average molecular weight is 534 g/mol. The number of nitrogens with one attached hydrogen (secondary N) is 1. The first-order chi connectivity index (χ1) is 16.3. The first kappa shape index (κ1) is 27.7. The Morgan fingerprint density at radius 1 is 1.09 bits per heavy atom. The minimum Gasteiger partial charge on any atom is -0.497 e. The molecule has 2 amide bonds. The Hall–Kier alpha value is -2.54. The quantitative estimate of drug-likeness (QED) is 0.337. The van der Waals surface area contributed by atoms with E-state index in [4.69, 9.17) is 9.47 Å². The summed E-state index contributed by atoms with van der Waals surface area (Å²) in [5.74, 6) is 1.35. The Morgan fingerprint density at radius 3 is 2.35 bits per heavy atom. The highest BCUT2D eigenvalue weighted by Crippen LogP contribution is 2.29. The van der Waals surface area contributed by atoms with E-state index in [9.17, 15) is 9.59 Å². The number of nitrogens with zero attached hydrogens (tertiary/aromatic N) is 1. The average Bonchev–Trinajstić information content (AvgIpc) is 2.83. The second-order valence-electron chi connectivity index (χ2n) is 8.57. The van der Waals surface area contributed by atoms with Crippen LogP contribution in [0.15, 0.2) is 46.9 Å². The highest BCUT2D eigenvalue weighted by atomic mass is 79.9. The molecule has 0 aliphatic carbocycles. The van der Waals surface area contributed by atoms with Gasteiger partial charge in [0.25, 0.3) is 5.91 Å². The van der Waals surface area contributed by atoms with Crippen LogP contribution in [0.4, 0.5) is 0 Å². The van der Waals surface area contributed by atoms with Crippen LogP contribution in [0.5, 0.6) is 11.5 Å². The van der Waals surface area contributed by atoms with Gasteiger partial charge in [0, 0.05) is 13.1 Å². The lowest BCUT2D eigenvalue weighted by atomic mass is 10.0. The molecule has 0 radical (unpaired) electrons. The standard InChI is InChI=1S/C27H37BrN2O4/c1-6-8-15-29-27(32)24(7-2)30(17-20-9-12-22(33-5)13-10-20)26(31)18-34-25-14-11-21(19(3)4)16-23(25)28/h9-14,16,19,24H,6-8,15,17-18H2,1-5H3,(H,29,32)/t24-/m1/s1. The summed E-state index contributed by atoms with van der Waals surface area (Å²) in [4.78, 5) is 27.9. The normalized spacial score (nSPS) is 11.7. The van der Waals surface area contributed by atoms with Crippen LogP contribution in [0, 0.1) is 0 Å². The Labute approximate surface area is 212 Å². The maximum absolute atomic E-state index is 13.3. The summed E-state index contributed by atoms with van der Waals surface area (Å²) in [6.07, 6.45) is 2.40. The van der Waals surface area contributed by atoms with Crippen molar-refractivity contribution in [2.75, 3.05) is 20.3 Å². The molecule has 2 aromatic rings. The number of benzene rings is 2. The number of carbonyl (C=O) groups is 2. The number of hydrogen-bond donors (Lipinski definition) is 1. The topological polar surface area (TPSA) is 67.9 Å². The molecule has 34 heavy (non-hydrogen) atoms. The minimum atomic E-state index is -0.582. The van der Waals surface area contributed by atoms with Crippen molar-refractivity contribution in [2.24, 2.45) is 0 Å². The van der Waals surface area contributed by atoms with E-state index in [2.05, 4.69) is 42.0 Å². The van der Waals surface area contributed by atoms with Crippen molar-refractivity contribution < 1.29 is 19.1 Å². The lowest BCUT2D eigenvalue weighted by Gasteiger charge is -2.30. The summed E-state index contributed by atoms with van der Waals surface area (Å²) < 4.78 is 11.9. The first-order valence-corrected chi connectivity index (χ1v) is 12.7. The summed E-state index contributed by atoms with van der Waals surface area (Å²) in [5, 5.41) is 2.97. The third kappa shape index (κ3) is 8.05. The number of unbranched alkanes of at least 4 members (excludes halogenated alkanes) is 1. The van der Waals surface area contributed by atoms with Crippen molar-refractivity contribution in [3.63, 3.8) is 0 Å². The van der Waals surface area contributed by atoms with Crippen LogP contribution in [-0.4, -0.2) is 43.0 Å². The summed E-state index contributed by atoms with van der Waals surface area (Å²) in [5.41, 5.74) is 2.10. The fourth-order valence-electron chi connectivity index (χ4n) is 3.57. The van der Waals surface area contributed by atoms with Crippen LogP contribution in [0.1, 0.15) is 64.0 Å². The lowest BCUT2D eigenvalue weighted by molar-refractivity contribution is -0.143. The van der Waals surface area contributed by atoms with E-state index in [0.29, 0.717) is 31.2 Å². The van der Waals surface area contributed by atoms with E-state index >= 15 is 0 Å². The van der Waals surface area contributed by atoms with Gasteiger partial charge in [-0.15, -0.1) is 0 Å². The second kappa shape index (κ2) is 14.0. The van der Waals surface area contributed by atoms with Crippen LogP contribution < -0.4 is 14.8 Å².